The van der Waals surface area contributed by atoms with Crippen molar-refractivity contribution in [3.05, 3.63) is 83.1 Å². The van der Waals surface area contributed by atoms with Gasteiger partial charge in [0.25, 0.3) is 0 Å². The maximum Gasteiger partial charge on any atom is 0.202 e. The lowest BCUT2D eigenvalue weighted by atomic mass is 9.82. The van der Waals surface area contributed by atoms with Crippen LogP contribution in [-0.4, -0.2) is 64.1 Å². The number of ether oxygens (including phenoxy) is 6. The number of hydrogen-bond acceptors (Lipinski definition) is 7. The Morgan fingerprint density at radius 2 is 1.10 bits per heavy atom. The Balaban J connectivity index is 0.935. The Morgan fingerprint density at radius 3 is 1.66 bits per heavy atom. The first kappa shape index (κ1) is 49.0. The Hall–Kier alpha value is -2.46. The van der Waals surface area contributed by atoms with Crippen LogP contribution in [0.5, 0.6) is 5.75 Å². The molecule has 8 heteroatoms. The lowest BCUT2D eigenvalue weighted by Gasteiger charge is -2.46. The van der Waals surface area contributed by atoms with Crippen molar-refractivity contribution < 1.29 is 33.5 Å². The minimum Gasteiger partial charge on any atom is -0.508 e. The molecule has 3 aliphatic heterocycles. The number of phenolic OH excluding ortho intramolecular Hbond substituents is 1. The molecular weight excluding hydrogens is 789 g/mol. The molecule has 0 amide bonds. The van der Waals surface area contributed by atoms with Crippen LogP contribution in [0.15, 0.2) is 72.0 Å². The van der Waals surface area contributed by atoms with Crippen LogP contribution in [0.4, 0.5) is 0 Å². The van der Waals surface area contributed by atoms with Crippen molar-refractivity contribution in [2.75, 3.05) is 19.8 Å². The lowest BCUT2D eigenvalue weighted by Crippen LogP contribution is -2.52. The molecular formula is C54H84O7Si. The largest absolute Gasteiger partial charge is 0.508 e. The number of phenols is 1. The molecule has 3 fully saturated rings. The standard InChI is InChI=1S/C54H84O7Si/c1-34(15-13-17-45(46-19-25-47(55)26-20-46)18-14-16-35(2)44-23-29-49(30-24-44)62(10,11)12)43-21-27-48(28-22-43)59-52-41(8)38(5)50(32-57-52)61-54-42(9)39(6)51(33-58-54)60-53-40(7)37(4)36(3)31-56-53/h19-21,23-27,29-30,34-42,45,50-55H,13-18,22,28,31-33H2,1-12H3. The van der Waals surface area contributed by atoms with Gasteiger partial charge >= 0.3 is 0 Å². The average molecular weight is 873 g/mol. The highest BCUT2D eigenvalue weighted by Crippen LogP contribution is 2.39. The van der Waals surface area contributed by atoms with Crippen molar-refractivity contribution in [1.29, 1.82) is 0 Å². The highest BCUT2D eigenvalue weighted by molar-refractivity contribution is 6.88. The zero-order valence-corrected chi connectivity index (χ0v) is 41.6. The van der Waals surface area contributed by atoms with Crippen LogP contribution in [-0.2, 0) is 28.4 Å². The molecule has 3 heterocycles. The van der Waals surface area contributed by atoms with E-state index in [4.69, 9.17) is 28.4 Å². The summed E-state index contributed by atoms with van der Waals surface area (Å²) < 4.78 is 38.7. The summed E-state index contributed by atoms with van der Waals surface area (Å²) in [5.41, 5.74) is 4.32. The van der Waals surface area contributed by atoms with Crippen LogP contribution < -0.4 is 5.19 Å². The van der Waals surface area contributed by atoms with Gasteiger partial charge in [-0.3, -0.25) is 0 Å². The lowest BCUT2D eigenvalue weighted by molar-refractivity contribution is -0.313. The maximum atomic E-state index is 10.0. The zero-order chi connectivity index (χ0) is 44.7. The van der Waals surface area contributed by atoms with Gasteiger partial charge in [0.15, 0.2) is 12.6 Å². The highest BCUT2D eigenvalue weighted by Gasteiger charge is 2.44. The van der Waals surface area contributed by atoms with Gasteiger partial charge in [0, 0.05) is 24.2 Å². The molecule has 3 saturated heterocycles. The smallest absolute Gasteiger partial charge is 0.202 e. The Labute approximate surface area is 377 Å². The quantitative estimate of drug-likeness (QED) is 0.150. The van der Waals surface area contributed by atoms with Crippen LogP contribution in [0.1, 0.15) is 137 Å². The summed E-state index contributed by atoms with van der Waals surface area (Å²) in [6.07, 6.45) is 12.7. The molecule has 2 aromatic rings. The van der Waals surface area contributed by atoms with Crippen molar-refractivity contribution in [3.63, 3.8) is 0 Å². The third kappa shape index (κ3) is 12.7. The van der Waals surface area contributed by atoms with Crippen molar-refractivity contribution in [2.45, 2.75) is 176 Å². The van der Waals surface area contributed by atoms with Gasteiger partial charge in [-0.1, -0.05) is 148 Å². The van der Waals surface area contributed by atoms with E-state index in [1.54, 1.807) is 0 Å². The van der Waals surface area contributed by atoms with E-state index in [0.29, 0.717) is 54.5 Å². The average Bonchev–Trinajstić information content (AvgIpc) is 3.25. The van der Waals surface area contributed by atoms with E-state index in [1.807, 2.05) is 12.1 Å². The van der Waals surface area contributed by atoms with Gasteiger partial charge < -0.3 is 33.5 Å². The first-order valence-corrected chi connectivity index (χ1v) is 28.1. The van der Waals surface area contributed by atoms with Gasteiger partial charge in [0.1, 0.15) is 5.75 Å². The molecule has 6 rings (SSSR count). The van der Waals surface area contributed by atoms with Crippen LogP contribution in [0.2, 0.25) is 19.6 Å². The molecule has 0 bridgehead atoms. The summed E-state index contributed by atoms with van der Waals surface area (Å²) in [5, 5.41) is 11.5. The van der Waals surface area contributed by atoms with Crippen LogP contribution in [0.3, 0.4) is 0 Å². The van der Waals surface area contributed by atoms with E-state index < -0.39 is 8.07 Å². The topological polar surface area (TPSA) is 75.6 Å². The summed E-state index contributed by atoms with van der Waals surface area (Å²) in [6, 6.07) is 17.4. The molecule has 15 unspecified atom stereocenters. The second kappa shape index (κ2) is 22.1. The molecule has 2 aromatic carbocycles. The number of hydrogen-bond donors (Lipinski definition) is 1. The second-order valence-corrected chi connectivity index (χ2v) is 26.5. The van der Waals surface area contributed by atoms with Gasteiger partial charge in [-0.2, -0.15) is 0 Å². The second-order valence-electron chi connectivity index (χ2n) is 21.4. The van der Waals surface area contributed by atoms with Gasteiger partial charge in [0.05, 0.1) is 45.9 Å². The molecule has 1 aliphatic carbocycles. The molecule has 62 heavy (non-hydrogen) atoms. The summed E-state index contributed by atoms with van der Waals surface area (Å²) in [4.78, 5) is 0. The van der Waals surface area contributed by atoms with E-state index in [-0.39, 0.29) is 54.7 Å². The molecule has 7 nitrogen and oxygen atoms in total. The zero-order valence-electron chi connectivity index (χ0n) is 40.6. The first-order valence-electron chi connectivity index (χ1n) is 24.6. The summed E-state index contributed by atoms with van der Waals surface area (Å²) in [7, 11) is -1.29. The number of allylic oxidation sites excluding steroid dienone is 4. The molecule has 4 aliphatic rings. The van der Waals surface area contributed by atoms with Gasteiger partial charge in [0.2, 0.25) is 6.29 Å². The third-order valence-electron chi connectivity index (χ3n) is 16.0. The minimum absolute atomic E-state index is 0.0155. The van der Waals surface area contributed by atoms with Gasteiger partial charge in [-0.15, -0.1) is 0 Å². The SMILES string of the molecule is CC(CCCC(CCCC(C)c1ccc([Si](C)(C)C)cc1)c1ccc(O)cc1)C1=CC=C(OC2OCC(OC3OCC(OC4OCC(C)C(C)C4C)C(C)C3C)C(C)C2C)CC1. The fourth-order valence-electron chi connectivity index (χ4n) is 10.1. The van der Waals surface area contributed by atoms with Crippen molar-refractivity contribution in [2.24, 2.45) is 47.3 Å². The minimum atomic E-state index is -1.29. The van der Waals surface area contributed by atoms with E-state index in [0.717, 1.165) is 25.2 Å². The molecule has 1 N–H and O–H groups in total. The Kier molecular flexibility index (Phi) is 17.5. The maximum absolute atomic E-state index is 10.0. The van der Waals surface area contributed by atoms with E-state index in [9.17, 15) is 5.11 Å². The van der Waals surface area contributed by atoms with Crippen molar-refractivity contribution in [1.82, 2.24) is 0 Å². The predicted octanol–water partition coefficient (Wildman–Crippen LogP) is 12.7. The highest BCUT2D eigenvalue weighted by atomic mass is 28.3. The van der Waals surface area contributed by atoms with Crippen LogP contribution >= 0.6 is 0 Å². The third-order valence-corrected chi connectivity index (χ3v) is 18.0. The van der Waals surface area contributed by atoms with Crippen molar-refractivity contribution in [3.8, 4) is 5.75 Å². The summed E-state index contributed by atoms with van der Waals surface area (Å²) in [6.45, 7) is 29.5. The molecule has 0 radical (unpaired) electrons. The first-order chi connectivity index (χ1) is 29.5. The van der Waals surface area contributed by atoms with Crippen molar-refractivity contribution >= 4 is 13.3 Å². The number of aromatic hydroxyl groups is 1. The molecule has 0 spiro atoms. The molecule has 346 valence electrons. The van der Waals surface area contributed by atoms with E-state index in [1.165, 1.54) is 60.4 Å². The molecule has 0 saturated carbocycles. The van der Waals surface area contributed by atoms with Gasteiger partial charge in [-0.25, -0.2) is 0 Å². The monoisotopic (exact) mass is 873 g/mol. The Bertz CT molecular complexity index is 1730. The van der Waals surface area contributed by atoms with Crippen LogP contribution in [0, 0.1) is 47.3 Å². The van der Waals surface area contributed by atoms with E-state index >= 15 is 0 Å². The molecule has 15 atom stereocenters. The molecule has 0 aromatic heterocycles. The van der Waals surface area contributed by atoms with Crippen LogP contribution in [0.25, 0.3) is 0 Å². The summed E-state index contributed by atoms with van der Waals surface area (Å²) in [5.74, 6) is 5.29. The normalized spacial score (nSPS) is 33.5. The number of benzene rings is 2. The fraction of sp³-hybridized carbons (Fsp3) is 0.704. The van der Waals surface area contributed by atoms with E-state index in [2.05, 4.69) is 131 Å². The fourth-order valence-corrected chi connectivity index (χ4v) is 11.3. The summed E-state index contributed by atoms with van der Waals surface area (Å²) >= 11 is 0. The van der Waals surface area contributed by atoms with Gasteiger partial charge in [-0.05, 0) is 103 Å². The number of rotatable bonds is 18. The predicted molar refractivity (Wildman–Crippen MR) is 255 cm³/mol. The Morgan fingerprint density at radius 1 is 0.581 bits per heavy atom.